The monoisotopic (exact) mass is 150 g/mol. The second-order valence-electron chi connectivity index (χ2n) is 0.247. The average Bonchev–Trinajstić information content (AvgIpc) is 0.811. The zero-order valence-corrected chi connectivity index (χ0v) is 8.78. The predicted octanol–water partition coefficient (Wildman–Crippen LogP) is -2.16. The fourth-order valence-electron chi connectivity index (χ4n) is 0. The van der Waals surface area contributed by atoms with Gasteiger partial charge in [-0.15, -0.1) is 0 Å². The minimum absolute atomic E-state index is 0. The van der Waals surface area contributed by atoms with Gasteiger partial charge in [-0.05, 0) is 0 Å². The minimum atomic E-state index is -4.64. The van der Waals surface area contributed by atoms with E-state index in [2.05, 4.69) is 0 Å². The van der Waals surface area contributed by atoms with Gasteiger partial charge in [0.1, 0.15) is 0 Å². The maximum atomic E-state index is 9.81. The maximum Gasteiger partial charge on any atom is 2.00 e. The summed E-state index contributed by atoms with van der Waals surface area (Å²) in [6.45, 7) is 0. The molecule has 6 heavy (non-hydrogen) atoms. The normalized spacial score (nSPS) is 4.50. The van der Waals surface area contributed by atoms with Crippen LogP contribution in [0.5, 0.6) is 0 Å². The van der Waals surface area contributed by atoms with E-state index >= 15 is 0 Å². The number of hydrogen-bond acceptors (Lipinski definition) is 0. The van der Waals surface area contributed by atoms with Crippen molar-refractivity contribution in [3.05, 3.63) is 0 Å². The SMILES string of the molecule is [Ca+2].[F][Al]([F])[F].[H-].[H-].[H-].[Na+]. The predicted molar refractivity (Wildman–Crippen MR) is 18.2 cm³/mol. The Morgan fingerprint density at radius 2 is 1.17 bits per heavy atom. The first-order chi connectivity index (χ1) is 1.73. The third-order valence-corrected chi connectivity index (χ3v) is 0. The third kappa shape index (κ3) is 30.8. The molecule has 0 N–H and O–H groups in total. The largest absolute Gasteiger partial charge is 2.00 e. The fourth-order valence-corrected chi connectivity index (χ4v) is 0. The van der Waals surface area contributed by atoms with Gasteiger partial charge >= 0.3 is 82.8 Å². The molecule has 0 aromatic rings. The standard InChI is InChI=1S/Al.Ca.3FH.Na.3H/h;;3*1H;;;;/q+3;+2;;;;+1;3*-1/p-3. The first-order valence-corrected chi connectivity index (χ1v) is 1.96. The van der Waals surface area contributed by atoms with Crippen molar-refractivity contribution in [1.29, 1.82) is 0 Å². The second-order valence-corrected chi connectivity index (χ2v) is 0.742. The van der Waals surface area contributed by atoms with Gasteiger partial charge in [0.25, 0.3) is 0 Å². The summed E-state index contributed by atoms with van der Waals surface area (Å²) in [6, 6.07) is 0. The first kappa shape index (κ1) is 15.8. The molecule has 0 saturated carbocycles. The van der Waals surface area contributed by atoms with E-state index in [0.717, 1.165) is 0 Å². The zero-order valence-electron chi connectivity index (χ0n) is 6.42. The summed E-state index contributed by atoms with van der Waals surface area (Å²) in [4.78, 5) is 0. The summed E-state index contributed by atoms with van der Waals surface area (Å²) in [5.41, 5.74) is 0. The molecule has 30 valence electrons. The van der Waals surface area contributed by atoms with Crippen molar-refractivity contribution in [2.75, 3.05) is 0 Å². The fraction of sp³-hybridized carbons (Fsp3) is 0. The van der Waals surface area contributed by atoms with Crippen LogP contribution < -0.4 is 29.6 Å². The molecule has 0 spiro atoms. The molecule has 0 aromatic heterocycles. The summed E-state index contributed by atoms with van der Waals surface area (Å²) in [5, 5.41) is 0. The van der Waals surface area contributed by atoms with Crippen LogP contribution in [-0.4, -0.2) is 53.3 Å². The van der Waals surface area contributed by atoms with Crippen LogP contribution in [-0.2, 0) is 0 Å². The molecule has 0 bridgehead atoms. The Morgan fingerprint density at radius 3 is 1.17 bits per heavy atom. The summed E-state index contributed by atoms with van der Waals surface area (Å²) in [6.07, 6.45) is 0. The van der Waals surface area contributed by atoms with E-state index in [-0.39, 0.29) is 71.6 Å². The molecular weight excluding hydrogens is 147 g/mol. The molecule has 0 aliphatic rings. The van der Waals surface area contributed by atoms with E-state index in [1.807, 2.05) is 0 Å². The van der Waals surface area contributed by atoms with Gasteiger partial charge in [-0.3, -0.25) is 0 Å². The third-order valence-electron chi connectivity index (χ3n) is 0. The van der Waals surface area contributed by atoms with Crippen molar-refractivity contribution in [3.8, 4) is 0 Å². The van der Waals surface area contributed by atoms with Gasteiger partial charge in [0.2, 0.25) is 0 Å². The second kappa shape index (κ2) is 10.5. The molecule has 0 aliphatic heterocycles. The van der Waals surface area contributed by atoms with Crippen molar-refractivity contribution < 1.29 is 44.4 Å². The molecule has 0 rings (SSSR count). The van der Waals surface area contributed by atoms with Gasteiger partial charge in [-0.25, -0.2) is 0 Å². The molecule has 0 aliphatic carbocycles. The molecule has 0 saturated heterocycles. The van der Waals surface area contributed by atoms with Gasteiger partial charge in [0, 0.05) is 0 Å². The van der Waals surface area contributed by atoms with Crippen molar-refractivity contribution >= 4 is 53.3 Å². The van der Waals surface area contributed by atoms with Crippen LogP contribution in [0.2, 0.25) is 0 Å². The molecule has 0 atom stereocenters. The van der Waals surface area contributed by atoms with Crippen LogP contribution >= 0.6 is 0 Å². The Balaban J connectivity index is -0.00000000450. The Bertz CT molecular complexity index is 23.8. The number of halogens is 3. The molecule has 0 amide bonds. The number of hydrogen-bond donors (Lipinski definition) is 0. The molecular formula is H3AlCaF3Na. The van der Waals surface area contributed by atoms with Crippen LogP contribution in [0.1, 0.15) is 4.28 Å². The molecule has 0 aromatic carbocycles. The summed E-state index contributed by atoms with van der Waals surface area (Å²) >= 11 is -4.64. The van der Waals surface area contributed by atoms with Crippen molar-refractivity contribution in [1.82, 2.24) is 0 Å². The van der Waals surface area contributed by atoms with Gasteiger partial charge in [-0.1, -0.05) is 0 Å². The van der Waals surface area contributed by atoms with Crippen molar-refractivity contribution in [3.63, 3.8) is 0 Å². The Hall–Kier alpha value is 2.58. The topological polar surface area (TPSA) is 0 Å². The first-order valence-electron chi connectivity index (χ1n) is 0.655. The van der Waals surface area contributed by atoms with Gasteiger partial charge in [-0.2, -0.15) is 0 Å². The van der Waals surface area contributed by atoms with Crippen molar-refractivity contribution in [2.24, 2.45) is 0 Å². The Labute approximate surface area is 96.0 Å². The van der Waals surface area contributed by atoms with Crippen LogP contribution in [0.25, 0.3) is 0 Å². The van der Waals surface area contributed by atoms with Gasteiger partial charge in [0.05, 0.1) is 0 Å². The number of rotatable bonds is 0. The summed E-state index contributed by atoms with van der Waals surface area (Å²) in [5.74, 6) is 0. The van der Waals surface area contributed by atoms with Gasteiger partial charge < -0.3 is 14.9 Å². The summed E-state index contributed by atoms with van der Waals surface area (Å²) < 4.78 is 29.4. The maximum absolute atomic E-state index is 9.81. The smallest absolute Gasteiger partial charge is 1.00 e. The average molecular weight is 150 g/mol. The van der Waals surface area contributed by atoms with E-state index in [1.165, 1.54) is 0 Å². The quantitative estimate of drug-likeness (QED) is 0.345. The van der Waals surface area contributed by atoms with Gasteiger partial charge in [0.15, 0.2) is 0 Å². The molecule has 0 radical (unpaired) electrons. The molecule has 0 fully saturated rings. The summed E-state index contributed by atoms with van der Waals surface area (Å²) in [7, 11) is 0. The molecule has 0 heterocycles. The molecule has 0 unspecified atom stereocenters. The zero-order chi connectivity index (χ0) is 3.58. The van der Waals surface area contributed by atoms with Crippen molar-refractivity contribution in [2.45, 2.75) is 0 Å². The minimum Gasteiger partial charge on any atom is -1.00 e. The van der Waals surface area contributed by atoms with Crippen LogP contribution in [0, 0.1) is 0 Å². The van der Waals surface area contributed by atoms with E-state index in [0.29, 0.717) is 0 Å². The van der Waals surface area contributed by atoms with E-state index < -0.39 is 15.5 Å². The van der Waals surface area contributed by atoms with Crippen LogP contribution in [0.15, 0.2) is 0 Å². The Morgan fingerprint density at radius 1 is 1.17 bits per heavy atom. The van der Waals surface area contributed by atoms with E-state index in [9.17, 15) is 10.6 Å². The van der Waals surface area contributed by atoms with E-state index in [1.54, 1.807) is 0 Å². The van der Waals surface area contributed by atoms with Crippen LogP contribution in [0.3, 0.4) is 0 Å². The Kier molecular flexibility index (Phi) is 27.8. The van der Waals surface area contributed by atoms with E-state index in [4.69, 9.17) is 0 Å². The van der Waals surface area contributed by atoms with Crippen LogP contribution in [0.4, 0.5) is 10.6 Å². The molecule has 0 nitrogen and oxygen atoms in total. The molecule has 6 heteroatoms.